The normalized spacial score (nSPS) is 22.7. The van der Waals surface area contributed by atoms with Crippen LogP contribution in [-0.4, -0.2) is 51.8 Å². The number of fused-ring (bicyclic) bond motifs is 1. The average Bonchev–Trinajstić information content (AvgIpc) is 3.14. The lowest BCUT2D eigenvalue weighted by Gasteiger charge is -2.34. The van der Waals surface area contributed by atoms with Gasteiger partial charge in [0.1, 0.15) is 17.7 Å². The van der Waals surface area contributed by atoms with Crippen LogP contribution in [-0.2, 0) is 17.7 Å². The molecule has 0 radical (unpaired) electrons. The fourth-order valence-corrected chi connectivity index (χ4v) is 3.71. The monoisotopic (exact) mass is 356 g/mol. The lowest BCUT2D eigenvalue weighted by molar-refractivity contribution is -0.0156. The molecule has 2 aromatic rings. The number of rotatable bonds is 3. The fourth-order valence-electron chi connectivity index (χ4n) is 3.71. The summed E-state index contributed by atoms with van der Waals surface area (Å²) in [6.07, 6.45) is 5.65. The van der Waals surface area contributed by atoms with Crippen molar-refractivity contribution in [2.45, 2.75) is 25.5 Å². The number of urea groups is 1. The van der Waals surface area contributed by atoms with E-state index in [2.05, 4.69) is 14.9 Å². The Morgan fingerprint density at radius 3 is 3.19 bits per heavy atom. The Kier molecular flexibility index (Phi) is 4.79. The number of carbonyl (C=O) groups is 1. The van der Waals surface area contributed by atoms with E-state index in [1.807, 2.05) is 18.5 Å². The first-order valence-corrected chi connectivity index (χ1v) is 9.12. The van der Waals surface area contributed by atoms with Crippen LogP contribution in [0.3, 0.4) is 0 Å². The predicted molar refractivity (Wildman–Crippen MR) is 95.8 cm³/mol. The van der Waals surface area contributed by atoms with Crippen LogP contribution in [0.5, 0.6) is 5.75 Å². The number of nitrogens with zero attached hydrogens (tertiary/aromatic N) is 3. The van der Waals surface area contributed by atoms with E-state index in [1.165, 1.54) is 0 Å². The highest BCUT2D eigenvalue weighted by molar-refractivity contribution is 5.74. The van der Waals surface area contributed by atoms with E-state index in [0.717, 1.165) is 30.8 Å². The molecule has 2 aliphatic heterocycles. The molecular weight excluding hydrogens is 332 g/mol. The van der Waals surface area contributed by atoms with Crippen LogP contribution in [0.2, 0.25) is 0 Å². The molecule has 2 N–H and O–H groups in total. The maximum absolute atomic E-state index is 12.6. The molecule has 2 amide bonds. The highest BCUT2D eigenvalue weighted by Gasteiger charge is 2.26. The Morgan fingerprint density at radius 1 is 1.38 bits per heavy atom. The van der Waals surface area contributed by atoms with Gasteiger partial charge in [0.15, 0.2) is 0 Å². The number of ether oxygens (including phenoxy) is 1. The van der Waals surface area contributed by atoms with Crippen molar-refractivity contribution < 1.29 is 14.6 Å². The number of phenolic OH excluding ortho intramolecular Hbond substituents is 1. The van der Waals surface area contributed by atoms with E-state index in [-0.39, 0.29) is 17.9 Å². The number of carbonyl (C=O) groups excluding carboxylic acids is 1. The molecule has 138 valence electrons. The summed E-state index contributed by atoms with van der Waals surface area (Å²) in [6, 6.07) is 6.98. The molecule has 0 saturated carbocycles. The van der Waals surface area contributed by atoms with Crippen LogP contribution in [0.25, 0.3) is 0 Å². The van der Waals surface area contributed by atoms with Crippen molar-refractivity contribution in [3.63, 3.8) is 0 Å². The van der Waals surface area contributed by atoms with Gasteiger partial charge in [-0.15, -0.1) is 0 Å². The number of phenols is 1. The van der Waals surface area contributed by atoms with Crippen molar-refractivity contribution >= 4 is 6.03 Å². The molecule has 2 aliphatic rings. The number of morpholine rings is 1. The number of aromatic nitrogens is 2. The number of amides is 2. The molecule has 3 heterocycles. The highest BCUT2D eigenvalue weighted by Crippen LogP contribution is 2.25. The van der Waals surface area contributed by atoms with Crippen LogP contribution in [0.4, 0.5) is 4.79 Å². The average molecular weight is 356 g/mol. The summed E-state index contributed by atoms with van der Waals surface area (Å²) in [5, 5.41) is 12.7. The first-order chi connectivity index (χ1) is 12.7. The lowest BCUT2D eigenvalue weighted by Crippen LogP contribution is -2.48. The second-order valence-corrected chi connectivity index (χ2v) is 6.99. The van der Waals surface area contributed by atoms with Crippen molar-refractivity contribution in [1.82, 2.24) is 19.8 Å². The van der Waals surface area contributed by atoms with Crippen molar-refractivity contribution in [2.75, 3.05) is 26.2 Å². The Hall–Kier alpha value is -2.54. The Balaban J connectivity index is 1.30. The maximum atomic E-state index is 12.6. The van der Waals surface area contributed by atoms with Gasteiger partial charge in [-0.05, 0) is 30.0 Å². The zero-order valence-corrected chi connectivity index (χ0v) is 14.7. The summed E-state index contributed by atoms with van der Waals surface area (Å²) in [4.78, 5) is 18.7. The van der Waals surface area contributed by atoms with Gasteiger partial charge >= 0.3 is 6.03 Å². The summed E-state index contributed by atoms with van der Waals surface area (Å²) in [5.41, 5.74) is 0.891. The maximum Gasteiger partial charge on any atom is 0.317 e. The third-order valence-corrected chi connectivity index (χ3v) is 5.17. The highest BCUT2D eigenvalue weighted by atomic mass is 16.5. The first-order valence-electron chi connectivity index (χ1n) is 9.12. The van der Waals surface area contributed by atoms with Gasteiger partial charge in [-0.1, -0.05) is 12.1 Å². The molecule has 0 bridgehead atoms. The van der Waals surface area contributed by atoms with E-state index >= 15 is 0 Å². The zero-order valence-electron chi connectivity index (χ0n) is 14.7. The second kappa shape index (κ2) is 7.37. The molecule has 1 aromatic carbocycles. The van der Waals surface area contributed by atoms with Crippen LogP contribution in [0.1, 0.15) is 23.9 Å². The molecule has 1 aromatic heterocycles. The van der Waals surface area contributed by atoms with Gasteiger partial charge in [0.25, 0.3) is 0 Å². The van der Waals surface area contributed by atoms with Crippen molar-refractivity contribution in [2.24, 2.45) is 5.92 Å². The first kappa shape index (κ1) is 16.9. The van der Waals surface area contributed by atoms with Crippen LogP contribution in [0.15, 0.2) is 36.7 Å². The van der Waals surface area contributed by atoms with Crippen molar-refractivity contribution in [3.8, 4) is 5.75 Å². The molecular formula is C19H24N4O3. The van der Waals surface area contributed by atoms with Gasteiger partial charge in [0.05, 0.1) is 13.2 Å². The van der Waals surface area contributed by atoms with Gasteiger partial charge in [-0.2, -0.15) is 0 Å². The van der Waals surface area contributed by atoms with Gasteiger partial charge in [-0.3, -0.25) is 0 Å². The second-order valence-electron chi connectivity index (χ2n) is 6.99. The quantitative estimate of drug-likeness (QED) is 0.881. The summed E-state index contributed by atoms with van der Waals surface area (Å²) in [5.74, 6) is 1.78. The van der Waals surface area contributed by atoms with Gasteiger partial charge in [-0.25, -0.2) is 9.78 Å². The van der Waals surface area contributed by atoms with Crippen LogP contribution in [0, 0.1) is 5.92 Å². The Labute approximate surface area is 152 Å². The minimum absolute atomic E-state index is 0.0464. The van der Waals surface area contributed by atoms with E-state index in [0.29, 0.717) is 32.2 Å². The molecule has 2 atom stereocenters. The third kappa shape index (κ3) is 3.67. The number of aromatic hydroxyl groups is 1. The predicted octanol–water partition coefficient (Wildman–Crippen LogP) is 1.93. The summed E-state index contributed by atoms with van der Waals surface area (Å²) in [7, 11) is 0. The minimum Gasteiger partial charge on any atom is -0.508 e. The van der Waals surface area contributed by atoms with Gasteiger partial charge in [0, 0.05) is 38.4 Å². The van der Waals surface area contributed by atoms with E-state index in [9.17, 15) is 9.90 Å². The standard InChI is InChI=1S/C19H24N4O3/c24-16-3-1-2-15(10-16)17-13-23(8-9-26-17)19(25)21-11-14-4-5-18-20-6-7-22(18)12-14/h1-3,6-7,10,14,17,24H,4-5,8-9,11-13H2,(H,21,25). The van der Waals surface area contributed by atoms with Crippen molar-refractivity contribution in [3.05, 3.63) is 48.0 Å². The molecule has 26 heavy (non-hydrogen) atoms. The molecule has 2 unspecified atom stereocenters. The van der Waals surface area contributed by atoms with E-state index < -0.39 is 0 Å². The number of hydrogen-bond donors (Lipinski definition) is 2. The number of nitrogens with one attached hydrogen (secondary N) is 1. The summed E-state index contributed by atoms with van der Waals surface area (Å²) in [6.45, 7) is 3.15. The summed E-state index contributed by atoms with van der Waals surface area (Å²) < 4.78 is 7.95. The SMILES string of the molecule is O=C(NCC1CCc2nccn2C1)N1CCOC(c2cccc(O)c2)C1. The molecule has 7 nitrogen and oxygen atoms in total. The van der Waals surface area contributed by atoms with Crippen LogP contribution >= 0.6 is 0 Å². The molecule has 0 spiro atoms. The number of imidazole rings is 1. The van der Waals surface area contributed by atoms with Gasteiger partial charge < -0.3 is 24.6 Å². The largest absolute Gasteiger partial charge is 0.508 e. The Bertz CT molecular complexity index is 776. The Morgan fingerprint density at radius 2 is 2.31 bits per heavy atom. The summed E-state index contributed by atoms with van der Waals surface area (Å²) >= 11 is 0. The van der Waals surface area contributed by atoms with E-state index in [4.69, 9.17) is 4.74 Å². The smallest absolute Gasteiger partial charge is 0.317 e. The molecule has 7 heteroatoms. The topological polar surface area (TPSA) is 79.6 Å². The fraction of sp³-hybridized carbons (Fsp3) is 0.474. The number of aryl methyl sites for hydroxylation is 1. The minimum atomic E-state index is -0.204. The molecule has 1 fully saturated rings. The zero-order chi connectivity index (χ0) is 17.9. The van der Waals surface area contributed by atoms with Crippen LogP contribution < -0.4 is 5.32 Å². The number of benzene rings is 1. The molecule has 0 aliphatic carbocycles. The molecule has 1 saturated heterocycles. The third-order valence-electron chi connectivity index (χ3n) is 5.17. The number of hydrogen-bond acceptors (Lipinski definition) is 4. The lowest BCUT2D eigenvalue weighted by atomic mass is 9.99. The van der Waals surface area contributed by atoms with Gasteiger partial charge in [0.2, 0.25) is 0 Å². The van der Waals surface area contributed by atoms with Crippen molar-refractivity contribution in [1.29, 1.82) is 0 Å². The molecule has 4 rings (SSSR count). The van der Waals surface area contributed by atoms with E-state index in [1.54, 1.807) is 23.1 Å².